The van der Waals surface area contributed by atoms with Crippen molar-refractivity contribution in [1.29, 1.82) is 0 Å². The van der Waals surface area contributed by atoms with Crippen LogP contribution in [-0.4, -0.2) is 10.3 Å². The Bertz CT molecular complexity index is 756. The molecule has 0 atom stereocenters. The maximum Gasteiger partial charge on any atom is 0.323 e. The summed E-state index contributed by atoms with van der Waals surface area (Å²) in [4.78, 5) is 12.9. The van der Waals surface area contributed by atoms with Crippen LogP contribution in [-0.2, 0) is 15.1 Å². The lowest BCUT2D eigenvalue weighted by molar-refractivity contribution is -0.155. The predicted octanol–water partition coefficient (Wildman–Crippen LogP) is 5.70. The van der Waals surface area contributed by atoms with Crippen molar-refractivity contribution >= 4 is 21.9 Å². The Morgan fingerprint density at radius 1 is 0.692 bits per heavy atom. The zero-order valence-electron chi connectivity index (χ0n) is 14.9. The first-order chi connectivity index (χ1) is 12.4. The van der Waals surface area contributed by atoms with Crippen molar-refractivity contribution in [3.8, 4) is 0 Å². The third kappa shape index (κ3) is 3.58. The molecule has 0 aromatic heterocycles. The van der Waals surface area contributed by atoms with E-state index in [1.54, 1.807) is 13.8 Å². The average molecular weight is 409 g/mol. The summed E-state index contributed by atoms with van der Waals surface area (Å²) in [6, 6.07) is 29.6. The smallest absolute Gasteiger partial charge is 0.323 e. The van der Waals surface area contributed by atoms with Gasteiger partial charge < -0.3 is 4.74 Å². The van der Waals surface area contributed by atoms with Crippen LogP contribution in [0.5, 0.6) is 0 Å². The minimum absolute atomic E-state index is 0.325. The van der Waals surface area contributed by atoms with Gasteiger partial charge in [-0.3, -0.25) is 4.79 Å². The summed E-state index contributed by atoms with van der Waals surface area (Å²) >= 11 is 3.44. The Kier molecular flexibility index (Phi) is 5.28. The number of alkyl halides is 1. The molecule has 26 heavy (non-hydrogen) atoms. The third-order valence-corrected chi connectivity index (χ3v) is 4.60. The predicted molar refractivity (Wildman–Crippen MR) is 108 cm³/mol. The van der Waals surface area contributed by atoms with Crippen LogP contribution in [0.4, 0.5) is 0 Å². The van der Waals surface area contributed by atoms with Crippen LogP contribution in [0.1, 0.15) is 30.5 Å². The Morgan fingerprint density at radius 2 is 1.00 bits per heavy atom. The van der Waals surface area contributed by atoms with E-state index in [9.17, 15) is 4.79 Å². The fraction of sp³-hybridized carbons (Fsp3) is 0.174. The second-order valence-corrected chi connectivity index (χ2v) is 8.62. The van der Waals surface area contributed by atoms with E-state index in [-0.39, 0.29) is 5.97 Å². The largest absolute Gasteiger partial charge is 0.443 e. The Morgan fingerprint density at radius 3 is 1.27 bits per heavy atom. The number of hydrogen-bond acceptors (Lipinski definition) is 2. The minimum atomic E-state index is -1.02. The number of carbonyl (C=O) groups excluding carboxylic acids is 1. The van der Waals surface area contributed by atoms with Gasteiger partial charge in [0.1, 0.15) is 4.32 Å². The molecule has 0 radical (unpaired) electrons. The summed E-state index contributed by atoms with van der Waals surface area (Å²) < 4.78 is 5.48. The van der Waals surface area contributed by atoms with Gasteiger partial charge in [0.15, 0.2) is 5.60 Å². The summed E-state index contributed by atoms with van der Waals surface area (Å²) in [5.74, 6) is -0.325. The minimum Gasteiger partial charge on any atom is -0.443 e. The summed E-state index contributed by atoms with van der Waals surface area (Å²) in [5.41, 5.74) is 1.69. The summed E-state index contributed by atoms with van der Waals surface area (Å²) in [7, 11) is 0. The molecule has 0 fully saturated rings. The van der Waals surface area contributed by atoms with Gasteiger partial charge >= 0.3 is 5.97 Å². The van der Waals surface area contributed by atoms with Gasteiger partial charge in [-0.1, -0.05) is 107 Å². The highest BCUT2D eigenvalue weighted by Gasteiger charge is 2.43. The maximum atomic E-state index is 12.9. The fourth-order valence-electron chi connectivity index (χ4n) is 2.96. The van der Waals surface area contributed by atoms with Crippen molar-refractivity contribution in [2.45, 2.75) is 23.8 Å². The molecule has 0 aliphatic rings. The van der Waals surface area contributed by atoms with E-state index in [1.807, 2.05) is 91.0 Å². The Balaban J connectivity index is 2.30. The van der Waals surface area contributed by atoms with Crippen LogP contribution >= 0.6 is 15.9 Å². The molecule has 0 amide bonds. The molecule has 0 heterocycles. The van der Waals surface area contributed by atoms with Crippen molar-refractivity contribution < 1.29 is 9.53 Å². The van der Waals surface area contributed by atoms with E-state index in [1.165, 1.54) is 0 Å². The van der Waals surface area contributed by atoms with Crippen molar-refractivity contribution in [2.75, 3.05) is 0 Å². The monoisotopic (exact) mass is 408 g/mol. The van der Waals surface area contributed by atoms with Crippen molar-refractivity contribution in [3.05, 3.63) is 108 Å². The van der Waals surface area contributed by atoms with Crippen LogP contribution < -0.4 is 0 Å². The van der Waals surface area contributed by atoms with Crippen molar-refractivity contribution in [3.63, 3.8) is 0 Å². The standard InChI is InChI=1S/C23H21BrO2/c1-22(2,24)21(25)26-23(18-12-6-3-7-13-18,19-14-8-4-9-15-19)20-16-10-5-11-17-20/h3-17H,1-2H3. The first-order valence-electron chi connectivity index (χ1n) is 8.53. The van der Waals surface area contributed by atoms with Crippen LogP contribution in [0.15, 0.2) is 91.0 Å². The van der Waals surface area contributed by atoms with Gasteiger partial charge in [0.25, 0.3) is 0 Å². The lowest BCUT2D eigenvalue weighted by Gasteiger charge is -2.37. The topological polar surface area (TPSA) is 26.3 Å². The van der Waals surface area contributed by atoms with Crippen molar-refractivity contribution in [2.24, 2.45) is 0 Å². The molecule has 0 aliphatic heterocycles. The Hall–Kier alpha value is -2.39. The van der Waals surface area contributed by atoms with Gasteiger partial charge in [-0.25, -0.2) is 0 Å². The zero-order valence-corrected chi connectivity index (χ0v) is 16.4. The molecule has 0 saturated carbocycles. The molecule has 3 heteroatoms. The van der Waals surface area contributed by atoms with Crippen LogP contribution in [0.3, 0.4) is 0 Å². The third-order valence-electron chi connectivity index (χ3n) is 4.27. The van der Waals surface area contributed by atoms with Crippen LogP contribution in [0, 0.1) is 0 Å². The number of benzene rings is 3. The highest BCUT2D eigenvalue weighted by Crippen LogP contribution is 2.41. The first kappa shape index (κ1) is 18.4. The number of esters is 1. The molecular formula is C23H21BrO2. The molecule has 0 bridgehead atoms. The van der Waals surface area contributed by atoms with Gasteiger partial charge in [0.2, 0.25) is 0 Å². The molecular weight excluding hydrogens is 388 g/mol. The van der Waals surface area contributed by atoms with E-state index < -0.39 is 9.93 Å². The summed E-state index contributed by atoms with van der Waals surface area (Å²) in [5, 5.41) is 0. The second-order valence-electron chi connectivity index (χ2n) is 6.64. The molecule has 2 nitrogen and oxygen atoms in total. The molecule has 3 aromatic rings. The van der Waals surface area contributed by atoms with Gasteiger partial charge in [0.05, 0.1) is 0 Å². The molecule has 0 saturated heterocycles. The molecule has 0 aliphatic carbocycles. The van der Waals surface area contributed by atoms with E-state index in [4.69, 9.17) is 4.74 Å². The molecule has 3 aromatic carbocycles. The average Bonchev–Trinajstić information content (AvgIpc) is 2.67. The zero-order chi connectivity index (χ0) is 18.6. The van der Waals surface area contributed by atoms with E-state index in [0.717, 1.165) is 16.7 Å². The van der Waals surface area contributed by atoms with Gasteiger partial charge in [-0.2, -0.15) is 0 Å². The highest BCUT2D eigenvalue weighted by atomic mass is 79.9. The molecule has 0 unspecified atom stereocenters. The highest BCUT2D eigenvalue weighted by molar-refractivity contribution is 9.10. The number of halogens is 1. The molecule has 0 spiro atoms. The fourth-order valence-corrected chi connectivity index (χ4v) is 3.04. The quantitative estimate of drug-likeness (QED) is 0.307. The molecule has 3 rings (SSSR count). The van der Waals surface area contributed by atoms with Crippen molar-refractivity contribution in [1.82, 2.24) is 0 Å². The maximum absolute atomic E-state index is 12.9. The SMILES string of the molecule is CC(C)(Br)C(=O)OC(c1ccccc1)(c1ccccc1)c1ccccc1. The van der Waals surface area contributed by atoms with Crippen LogP contribution in [0.2, 0.25) is 0 Å². The first-order valence-corrected chi connectivity index (χ1v) is 9.33. The number of carbonyl (C=O) groups is 1. The van der Waals surface area contributed by atoms with Gasteiger partial charge in [-0.05, 0) is 13.8 Å². The van der Waals surface area contributed by atoms with Crippen LogP contribution in [0.25, 0.3) is 0 Å². The lowest BCUT2D eigenvalue weighted by Crippen LogP contribution is -2.40. The normalized spacial score (nSPS) is 11.8. The molecule has 132 valence electrons. The number of rotatable bonds is 5. The second kappa shape index (κ2) is 7.46. The Labute approximate surface area is 163 Å². The van der Waals surface area contributed by atoms with E-state index in [0.29, 0.717) is 0 Å². The molecule has 0 N–H and O–H groups in total. The number of ether oxygens (including phenoxy) is 1. The lowest BCUT2D eigenvalue weighted by atomic mass is 9.80. The summed E-state index contributed by atoms with van der Waals surface area (Å²) in [6.45, 7) is 3.59. The van der Waals surface area contributed by atoms with Gasteiger partial charge in [0, 0.05) is 16.7 Å². The summed E-state index contributed by atoms with van der Waals surface area (Å²) in [6.07, 6.45) is 0. The number of hydrogen-bond donors (Lipinski definition) is 0. The van der Waals surface area contributed by atoms with E-state index in [2.05, 4.69) is 15.9 Å². The van der Waals surface area contributed by atoms with Gasteiger partial charge in [-0.15, -0.1) is 0 Å². The van der Waals surface area contributed by atoms with E-state index >= 15 is 0 Å².